The predicted molar refractivity (Wildman–Crippen MR) is 136 cm³/mol. The summed E-state index contributed by atoms with van der Waals surface area (Å²) in [5.41, 5.74) is 1.83. The van der Waals surface area contributed by atoms with Gasteiger partial charge in [-0.15, -0.1) is 5.10 Å². The number of nitrogens with zero attached hydrogens (tertiary/aromatic N) is 5. The van der Waals surface area contributed by atoms with Crippen LogP contribution in [0.1, 0.15) is 32.3 Å². The average Bonchev–Trinajstić information content (AvgIpc) is 3.58. The number of halogens is 2. The smallest absolute Gasteiger partial charge is 0.156 e. The molecule has 2 aliphatic rings. The summed E-state index contributed by atoms with van der Waals surface area (Å²) >= 11 is 0. The van der Waals surface area contributed by atoms with E-state index in [0.717, 1.165) is 54.2 Å². The van der Waals surface area contributed by atoms with E-state index < -0.39 is 32.9 Å². The highest BCUT2D eigenvalue weighted by Crippen LogP contribution is 2.30. The molecular formula is C26H31F2N5O2S. The molecule has 10 heteroatoms. The maximum atomic E-state index is 15.3. The van der Waals surface area contributed by atoms with Gasteiger partial charge < -0.3 is 4.90 Å². The molecule has 7 nitrogen and oxygen atoms in total. The topological polar surface area (TPSA) is 71.3 Å². The van der Waals surface area contributed by atoms with Crippen LogP contribution in [-0.4, -0.2) is 66.3 Å². The van der Waals surface area contributed by atoms with Crippen LogP contribution in [0, 0.1) is 17.6 Å². The van der Waals surface area contributed by atoms with Gasteiger partial charge in [0.15, 0.2) is 21.5 Å². The van der Waals surface area contributed by atoms with E-state index in [1.54, 1.807) is 13.8 Å². The summed E-state index contributed by atoms with van der Waals surface area (Å²) < 4.78 is 55.8. The van der Waals surface area contributed by atoms with Crippen molar-refractivity contribution in [2.45, 2.75) is 38.5 Å². The van der Waals surface area contributed by atoms with Crippen LogP contribution in [-0.2, 0) is 15.6 Å². The second-order valence-electron chi connectivity index (χ2n) is 10.2. The second kappa shape index (κ2) is 9.89. The highest BCUT2D eigenvalue weighted by atomic mass is 32.2. The highest BCUT2D eigenvalue weighted by Gasteiger charge is 2.31. The Morgan fingerprint density at radius 1 is 1.06 bits per heavy atom. The third-order valence-electron chi connectivity index (χ3n) is 6.72. The van der Waals surface area contributed by atoms with E-state index in [0.29, 0.717) is 5.69 Å². The molecule has 3 aromatic rings. The molecule has 0 spiro atoms. The van der Waals surface area contributed by atoms with Crippen molar-refractivity contribution < 1.29 is 17.2 Å². The zero-order valence-corrected chi connectivity index (χ0v) is 21.4. The Balaban J connectivity index is 1.37. The maximum absolute atomic E-state index is 15.3. The third-order valence-corrected chi connectivity index (χ3v) is 8.64. The Morgan fingerprint density at radius 2 is 1.81 bits per heavy atom. The van der Waals surface area contributed by atoms with Crippen LogP contribution < -0.4 is 4.90 Å². The number of rotatable bonds is 8. The number of sulfone groups is 1. The van der Waals surface area contributed by atoms with Crippen molar-refractivity contribution in [1.82, 2.24) is 19.9 Å². The van der Waals surface area contributed by atoms with Crippen LogP contribution in [0.4, 0.5) is 14.5 Å². The fourth-order valence-corrected chi connectivity index (χ4v) is 6.69. The number of benzene rings is 2. The van der Waals surface area contributed by atoms with Gasteiger partial charge in [0.2, 0.25) is 0 Å². The maximum Gasteiger partial charge on any atom is 0.156 e. The van der Waals surface area contributed by atoms with E-state index in [4.69, 9.17) is 0 Å². The van der Waals surface area contributed by atoms with E-state index in [9.17, 15) is 12.8 Å². The Bertz CT molecular complexity index is 1350. The van der Waals surface area contributed by atoms with E-state index in [1.807, 2.05) is 18.2 Å². The number of hydrogen-bond donors (Lipinski definition) is 0. The van der Waals surface area contributed by atoms with Crippen LogP contribution in [0.15, 0.2) is 42.6 Å². The van der Waals surface area contributed by atoms with Crippen molar-refractivity contribution in [3.05, 3.63) is 59.8 Å². The van der Waals surface area contributed by atoms with E-state index in [2.05, 4.69) is 26.2 Å². The first-order chi connectivity index (χ1) is 17.2. The Labute approximate surface area is 210 Å². The zero-order valence-electron chi connectivity index (χ0n) is 20.6. The molecule has 0 bridgehead atoms. The summed E-state index contributed by atoms with van der Waals surface area (Å²) in [6.07, 6.45) is 4.09. The molecule has 0 amide bonds. The lowest BCUT2D eigenvalue weighted by Crippen LogP contribution is -2.47. The molecule has 192 valence electrons. The largest absolute Gasteiger partial charge is 0.369 e. The molecule has 36 heavy (non-hydrogen) atoms. The summed E-state index contributed by atoms with van der Waals surface area (Å²) in [7, 11) is -3.54. The monoisotopic (exact) mass is 515 g/mol. The molecule has 1 aromatic heterocycles. The van der Waals surface area contributed by atoms with Crippen LogP contribution in [0.25, 0.3) is 16.9 Å². The zero-order chi connectivity index (χ0) is 25.4. The van der Waals surface area contributed by atoms with Crippen LogP contribution in [0.2, 0.25) is 0 Å². The quantitative estimate of drug-likeness (QED) is 0.451. The first kappa shape index (κ1) is 24.8. The van der Waals surface area contributed by atoms with Gasteiger partial charge in [-0.05, 0) is 37.0 Å². The van der Waals surface area contributed by atoms with Crippen molar-refractivity contribution in [2.75, 3.05) is 36.8 Å². The fraction of sp³-hybridized carbons (Fsp3) is 0.462. The van der Waals surface area contributed by atoms with Gasteiger partial charge in [-0.2, -0.15) is 0 Å². The summed E-state index contributed by atoms with van der Waals surface area (Å²) in [6, 6.07) is 10.9. The van der Waals surface area contributed by atoms with Crippen LogP contribution >= 0.6 is 0 Å². The standard InChI is InChI=1S/C26H31F2N5O2S/c1-18(2)16-36(34,35)17-20-6-9-23(27)26(25(20)28)33-15-24(29-30-33)19-4-3-5-22(14-19)32-12-10-31(11-13-32)21-7-8-21/h3-6,9,14-15,18,21H,7-8,10-13,16-17H2,1-2H3. The van der Waals surface area contributed by atoms with E-state index >= 15 is 4.39 Å². The molecule has 1 aliphatic carbocycles. The van der Waals surface area contributed by atoms with Crippen molar-refractivity contribution in [2.24, 2.45) is 5.92 Å². The fourth-order valence-electron chi connectivity index (χ4n) is 4.86. The van der Waals surface area contributed by atoms with Gasteiger partial charge in [-0.1, -0.05) is 37.3 Å². The lowest BCUT2D eigenvalue weighted by atomic mass is 10.1. The molecule has 2 fully saturated rings. The normalized spacial score (nSPS) is 17.2. The molecule has 1 aliphatic heterocycles. The van der Waals surface area contributed by atoms with E-state index in [-0.39, 0.29) is 17.2 Å². The predicted octanol–water partition coefficient (Wildman–Crippen LogP) is 4.07. The summed E-state index contributed by atoms with van der Waals surface area (Å²) in [5.74, 6) is -2.44. The second-order valence-corrected chi connectivity index (χ2v) is 12.3. The minimum absolute atomic E-state index is 0.0708. The lowest BCUT2D eigenvalue weighted by molar-refractivity contribution is 0.248. The molecule has 2 heterocycles. The molecule has 1 saturated carbocycles. The number of piperazine rings is 1. The highest BCUT2D eigenvalue weighted by molar-refractivity contribution is 7.90. The van der Waals surface area contributed by atoms with Gasteiger partial charge in [0, 0.05) is 49.0 Å². The first-order valence-corrected chi connectivity index (χ1v) is 14.2. The Kier molecular flexibility index (Phi) is 6.82. The summed E-state index contributed by atoms with van der Waals surface area (Å²) in [6.45, 7) is 7.57. The number of hydrogen-bond acceptors (Lipinski definition) is 6. The number of anilines is 1. The SMILES string of the molecule is CC(C)CS(=O)(=O)Cc1ccc(F)c(-n2cc(-c3cccc(N4CCN(C5CC5)CC4)c3)nn2)c1F. The van der Waals surface area contributed by atoms with Crippen molar-refractivity contribution >= 4 is 15.5 Å². The Morgan fingerprint density at radius 3 is 2.50 bits per heavy atom. The molecule has 5 rings (SSSR count). The van der Waals surface area contributed by atoms with E-state index in [1.165, 1.54) is 25.1 Å². The van der Waals surface area contributed by atoms with Gasteiger partial charge in [0.1, 0.15) is 11.4 Å². The molecule has 0 radical (unpaired) electrons. The average molecular weight is 516 g/mol. The van der Waals surface area contributed by atoms with Gasteiger partial charge in [0.05, 0.1) is 17.7 Å². The molecular weight excluding hydrogens is 484 g/mol. The lowest BCUT2D eigenvalue weighted by Gasteiger charge is -2.36. The van der Waals surface area contributed by atoms with Crippen LogP contribution in [0.3, 0.4) is 0 Å². The molecule has 2 aromatic carbocycles. The van der Waals surface area contributed by atoms with Crippen molar-refractivity contribution in [3.63, 3.8) is 0 Å². The van der Waals surface area contributed by atoms with Gasteiger partial charge in [0.25, 0.3) is 0 Å². The Hall–Kier alpha value is -2.85. The summed E-state index contributed by atoms with van der Waals surface area (Å²) in [4.78, 5) is 4.89. The number of aromatic nitrogens is 3. The molecule has 0 atom stereocenters. The van der Waals surface area contributed by atoms with Gasteiger partial charge in [-0.3, -0.25) is 4.90 Å². The van der Waals surface area contributed by atoms with Crippen molar-refractivity contribution in [3.8, 4) is 16.9 Å². The minimum Gasteiger partial charge on any atom is -0.369 e. The molecule has 1 saturated heterocycles. The van der Waals surface area contributed by atoms with Crippen LogP contribution in [0.5, 0.6) is 0 Å². The van der Waals surface area contributed by atoms with Gasteiger partial charge in [-0.25, -0.2) is 21.9 Å². The first-order valence-electron chi connectivity index (χ1n) is 12.4. The minimum atomic E-state index is -3.54. The summed E-state index contributed by atoms with van der Waals surface area (Å²) in [5, 5.41) is 8.12. The molecule has 0 unspecified atom stereocenters. The van der Waals surface area contributed by atoms with Crippen molar-refractivity contribution in [1.29, 1.82) is 0 Å². The third kappa shape index (κ3) is 5.44. The van der Waals surface area contributed by atoms with Gasteiger partial charge >= 0.3 is 0 Å². The molecule has 0 N–H and O–H groups in total.